The number of hydrogen-bond donors (Lipinski definition) is 0. The molecule has 0 aliphatic heterocycles. The molecule has 1 aromatic rings. The van der Waals surface area contributed by atoms with E-state index in [-0.39, 0.29) is 5.56 Å². The van der Waals surface area contributed by atoms with E-state index in [2.05, 4.69) is 10.2 Å². The third-order valence-electron chi connectivity index (χ3n) is 0.846. The fourth-order valence-electron chi connectivity index (χ4n) is 0.425. The van der Waals surface area contributed by atoms with Gasteiger partial charge in [-0.15, -0.1) is 0 Å². The van der Waals surface area contributed by atoms with Crippen molar-refractivity contribution in [2.75, 3.05) is 0 Å². The second kappa shape index (κ2) is 2.21. The second-order valence-electron chi connectivity index (χ2n) is 1.46. The Kier molecular flexibility index (Phi) is 1.40. The molecule has 1 radical (unpaired) electrons. The minimum atomic E-state index is -0.732. The standard InChI is InChI=1S/C5H4N3O/c6-5(9)4-1-2-7-8-3-4/h1-3,6H. The van der Waals surface area contributed by atoms with Gasteiger partial charge in [-0.05, 0) is 6.07 Å². The number of carbonyl (C=O) groups excluding carboxylic acids is 1. The van der Waals surface area contributed by atoms with Gasteiger partial charge in [-0.25, -0.2) is 0 Å². The zero-order chi connectivity index (χ0) is 6.69. The van der Waals surface area contributed by atoms with Gasteiger partial charge < -0.3 is 0 Å². The number of aromatic nitrogens is 2. The molecular weight excluding hydrogens is 118 g/mol. The molecule has 0 unspecified atom stereocenters. The van der Waals surface area contributed by atoms with Gasteiger partial charge in [0.1, 0.15) is 0 Å². The summed E-state index contributed by atoms with van der Waals surface area (Å²) in [4.78, 5) is 10.2. The van der Waals surface area contributed by atoms with Gasteiger partial charge in [0.2, 0.25) is 0 Å². The average Bonchev–Trinajstić information content (AvgIpc) is 1.90. The summed E-state index contributed by atoms with van der Waals surface area (Å²) in [5, 5.41) is 6.86. The van der Waals surface area contributed by atoms with E-state index >= 15 is 0 Å². The van der Waals surface area contributed by atoms with Gasteiger partial charge >= 0.3 is 0 Å². The molecule has 4 heteroatoms. The number of nitrogens with zero attached hydrogens (tertiary/aromatic N) is 2. The maximum atomic E-state index is 10.2. The van der Waals surface area contributed by atoms with E-state index in [1.165, 1.54) is 18.5 Å². The summed E-state index contributed by atoms with van der Waals surface area (Å²) in [7, 11) is 0. The van der Waals surface area contributed by atoms with Crippen molar-refractivity contribution in [1.29, 1.82) is 0 Å². The van der Waals surface area contributed by atoms with Gasteiger partial charge in [-0.3, -0.25) is 10.5 Å². The summed E-state index contributed by atoms with van der Waals surface area (Å²) in [5.41, 5.74) is 6.88. The van der Waals surface area contributed by atoms with E-state index in [1.54, 1.807) is 0 Å². The molecule has 1 aromatic heterocycles. The van der Waals surface area contributed by atoms with E-state index in [0.717, 1.165) is 0 Å². The molecule has 0 aliphatic carbocycles. The first kappa shape index (κ1) is 5.68. The summed E-state index contributed by atoms with van der Waals surface area (Å²) < 4.78 is 0. The van der Waals surface area contributed by atoms with E-state index in [1.807, 2.05) is 0 Å². The molecule has 0 aliphatic rings. The monoisotopic (exact) mass is 122 g/mol. The SMILES string of the molecule is [NH]C(=O)c1ccnnc1. The van der Waals surface area contributed by atoms with Crippen molar-refractivity contribution in [1.82, 2.24) is 15.9 Å². The smallest absolute Gasteiger partial charge is 0.267 e. The zero-order valence-electron chi connectivity index (χ0n) is 4.53. The molecule has 45 valence electrons. The molecule has 0 saturated heterocycles. The molecule has 1 heterocycles. The van der Waals surface area contributed by atoms with Crippen molar-refractivity contribution in [3.05, 3.63) is 24.0 Å². The Hall–Kier alpha value is -1.45. The van der Waals surface area contributed by atoms with E-state index in [0.29, 0.717) is 0 Å². The van der Waals surface area contributed by atoms with Gasteiger partial charge in [-0.2, -0.15) is 10.2 Å². The van der Waals surface area contributed by atoms with Gasteiger partial charge in [-0.1, -0.05) is 0 Å². The molecular formula is C5H4N3O. The largest absolute Gasteiger partial charge is 0.271 e. The summed E-state index contributed by atoms with van der Waals surface area (Å²) in [6.07, 6.45) is 2.64. The Morgan fingerprint density at radius 3 is 2.67 bits per heavy atom. The predicted molar refractivity (Wildman–Crippen MR) is 29.5 cm³/mol. The van der Waals surface area contributed by atoms with E-state index < -0.39 is 5.91 Å². The van der Waals surface area contributed by atoms with Crippen LogP contribution in [-0.2, 0) is 0 Å². The minimum absolute atomic E-state index is 0.269. The Morgan fingerprint density at radius 1 is 1.56 bits per heavy atom. The first-order valence-corrected chi connectivity index (χ1v) is 2.33. The van der Waals surface area contributed by atoms with E-state index in [4.69, 9.17) is 5.73 Å². The maximum Gasteiger partial charge on any atom is 0.271 e. The van der Waals surface area contributed by atoms with Crippen LogP contribution in [0.4, 0.5) is 0 Å². The minimum Gasteiger partial charge on any atom is -0.267 e. The second-order valence-corrected chi connectivity index (χ2v) is 1.46. The average molecular weight is 122 g/mol. The van der Waals surface area contributed by atoms with Crippen LogP contribution in [0.25, 0.3) is 0 Å². The summed E-state index contributed by atoms with van der Waals surface area (Å²) in [5.74, 6) is -0.732. The number of nitrogens with one attached hydrogen (secondary N) is 1. The van der Waals surface area contributed by atoms with Crippen molar-refractivity contribution < 1.29 is 4.79 Å². The summed E-state index contributed by atoms with van der Waals surface area (Å²) in [6, 6.07) is 1.45. The highest BCUT2D eigenvalue weighted by atomic mass is 16.1. The predicted octanol–water partition coefficient (Wildman–Crippen LogP) is -0.100. The molecule has 0 saturated carbocycles. The lowest BCUT2D eigenvalue weighted by Crippen LogP contribution is -1.98. The molecule has 1 amide bonds. The van der Waals surface area contributed by atoms with Crippen molar-refractivity contribution in [3.63, 3.8) is 0 Å². The first-order chi connectivity index (χ1) is 4.30. The molecule has 0 atom stereocenters. The van der Waals surface area contributed by atoms with Crippen molar-refractivity contribution in [2.45, 2.75) is 0 Å². The number of amides is 1. The fraction of sp³-hybridized carbons (Fsp3) is 0. The van der Waals surface area contributed by atoms with Crippen LogP contribution in [0.3, 0.4) is 0 Å². The molecule has 0 bridgehead atoms. The van der Waals surface area contributed by atoms with E-state index in [9.17, 15) is 4.79 Å². The molecule has 9 heavy (non-hydrogen) atoms. The molecule has 1 N–H and O–H groups in total. The lowest BCUT2D eigenvalue weighted by molar-refractivity contribution is 0.0991. The van der Waals surface area contributed by atoms with Gasteiger partial charge in [0, 0.05) is 0 Å². The van der Waals surface area contributed by atoms with Crippen LogP contribution in [-0.4, -0.2) is 16.1 Å². The molecule has 0 aromatic carbocycles. The first-order valence-electron chi connectivity index (χ1n) is 2.33. The van der Waals surface area contributed by atoms with Crippen LogP contribution in [0.5, 0.6) is 0 Å². The topological polar surface area (TPSA) is 66.7 Å². The van der Waals surface area contributed by atoms with Gasteiger partial charge in [0.05, 0.1) is 18.0 Å². The maximum absolute atomic E-state index is 10.2. The Balaban J connectivity index is 2.98. The van der Waals surface area contributed by atoms with Crippen LogP contribution < -0.4 is 5.73 Å². The van der Waals surface area contributed by atoms with Crippen molar-refractivity contribution in [3.8, 4) is 0 Å². The fourth-order valence-corrected chi connectivity index (χ4v) is 0.425. The lowest BCUT2D eigenvalue weighted by Gasteiger charge is -1.86. The normalized spacial score (nSPS) is 8.89. The van der Waals surface area contributed by atoms with Crippen LogP contribution in [0.1, 0.15) is 10.4 Å². The van der Waals surface area contributed by atoms with Crippen LogP contribution in [0.2, 0.25) is 0 Å². The molecule has 4 nitrogen and oxygen atoms in total. The Bertz CT molecular complexity index is 209. The Morgan fingerprint density at radius 2 is 2.33 bits per heavy atom. The quantitative estimate of drug-likeness (QED) is 0.522. The van der Waals surface area contributed by atoms with Crippen molar-refractivity contribution in [2.24, 2.45) is 0 Å². The van der Waals surface area contributed by atoms with Crippen LogP contribution >= 0.6 is 0 Å². The third kappa shape index (κ3) is 1.22. The Labute approximate surface area is 51.7 Å². The number of carbonyl (C=O) groups is 1. The summed E-state index contributed by atoms with van der Waals surface area (Å²) >= 11 is 0. The zero-order valence-corrected chi connectivity index (χ0v) is 4.53. The highest BCUT2D eigenvalue weighted by molar-refractivity contribution is 5.91. The number of rotatable bonds is 1. The molecule has 1 rings (SSSR count). The van der Waals surface area contributed by atoms with Crippen molar-refractivity contribution >= 4 is 5.91 Å². The highest BCUT2D eigenvalue weighted by Gasteiger charge is 1.96. The highest BCUT2D eigenvalue weighted by Crippen LogP contribution is 1.90. The van der Waals surface area contributed by atoms with Crippen LogP contribution in [0, 0.1) is 0 Å². The lowest BCUT2D eigenvalue weighted by atomic mass is 10.3. The van der Waals surface area contributed by atoms with Gasteiger partial charge in [0.15, 0.2) is 0 Å². The third-order valence-corrected chi connectivity index (χ3v) is 0.846. The molecule has 0 fully saturated rings. The van der Waals surface area contributed by atoms with Gasteiger partial charge in [0.25, 0.3) is 5.91 Å². The molecule has 0 spiro atoms. The number of hydrogen-bond acceptors (Lipinski definition) is 3. The van der Waals surface area contributed by atoms with Crippen LogP contribution in [0.15, 0.2) is 18.5 Å². The summed E-state index contributed by atoms with van der Waals surface area (Å²) in [6.45, 7) is 0.